The number of amides is 1. The van der Waals surface area contributed by atoms with Crippen LogP contribution in [0.1, 0.15) is 37.2 Å². The van der Waals surface area contributed by atoms with E-state index in [-0.39, 0.29) is 24.1 Å². The highest BCUT2D eigenvalue weighted by molar-refractivity contribution is 5.85. The maximum Gasteiger partial charge on any atom is 0.226 e. The molecule has 3 fully saturated rings. The lowest BCUT2D eigenvalue weighted by atomic mass is 10.1. The number of carbonyl (C=O) groups is 1. The molecule has 2 aliphatic heterocycles. The standard InChI is InChI=1S/C17H21FN2O.ClH/c18-12-3-1-11(2-4-12)15-9-16(15)17(21)20-8-7-13-5-6-14(10-20)19-13;/h1-4,13-16,19H,5-10H2;1H. The van der Waals surface area contributed by atoms with Gasteiger partial charge >= 0.3 is 0 Å². The Bertz CT molecular complexity index is 550. The zero-order chi connectivity index (χ0) is 14.4. The normalized spacial score (nSPS) is 33.0. The molecule has 4 atom stereocenters. The molecule has 120 valence electrons. The second-order valence-corrected chi connectivity index (χ2v) is 6.71. The Morgan fingerprint density at radius 1 is 1.14 bits per heavy atom. The van der Waals surface area contributed by atoms with Crippen LogP contribution in [-0.4, -0.2) is 36.0 Å². The lowest BCUT2D eigenvalue weighted by Gasteiger charge is -2.24. The highest BCUT2D eigenvalue weighted by atomic mass is 35.5. The number of hydrogen-bond acceptors (Lipinski definition) is 2. The van der Waals surface area contributed by atoms with Gasteiger partial charge in [0.05, 0.1) is 0 Å². The maximum atomic E-state index is 13.0. The van der Waals surface area contributed by atoms with Gasteiger partial charge in [0.15, 0.2) is 0 Å². The van der Waals surface area contributed by atoms with Crippen LogP contribution in [0.3, 0.4) is 0 Å². The van der Waals surface area contributed by atoms with E-state index in [4.69, 9.17) is 0 Å². The Balaban J connectivity index is 0.00000144. The van der Waals surface area contributed by atoms with Crippen LogP contribution in [0.5, 0.6) is 0 Å². The van der Waals surface area contributed by atoms with Gasteiger partial charge in [-0.3, -0.25) is 4.79 Å². The molecule has 2 bridgehead atoms. The first kappa shape index (κ1) is 15.8. The predicted octanol–water partition coefficient (Wildman–Crippen LogP) is 2.70. The molecule has 2 heterocycles. The van der Waals surface area contributed by atoms with Crippen molar-refractivity contribution in [1.82, 2.24) is 10.2 Å². The van der Waals surface area contributed by atoms with E-state index in [1.807, 2.05) is 12.1 Å². The molecule has 0 aromatic heterocycles. The van der Waals surface area contributed by atoms with Gasteiger partial charge in [-0.25, -0.2) is 4.39 Å². The molecule has 2 saturated heterocycles. The van der Waals surface area contributed by atoms with Gasteiger partial charge in [-0.05, 0) is 49.3 Å². The highest BCUT2D eigenvalue weighted by Crippen LogP contribution is 2.48. The second kappa shape index (κ2) is 6.17. The number of benzene rings is 1. The summed E-state index contributed by atoms with van der Waals surface area (Å²) in [5.74, 6) is 0.508. The Labute approximate surface area is 136 Å². The summed E-state index contributed by atoms with van der Waals surface area (Å²) in [5.41, 5.74) is 1.10. The summed E-state index contributed by atoms with van der Waals surface area (Å²) in [7, 11) is 0. The van der Waals surface area contributed by atoms with E-state index in [1.54, 1.807) is 0 Å². The van der Waals surface area contributed by atoms with Crippen molar-refractivity contribution < 1.29 is 9.18 Å². The summed E-state index contributed by atoms with van der Waals surface area (Å²) in [5, 5.41) is 3.61. The number of hydrogen-bond donors (Lipinski definition) is 1. The number of carbonyl (C=O) groups excluding carboxylic acids is 1. The van der Waals surface area contributed by atoms with E-state index in [2.05, 4.69) is 10.2 Å². The van der Waals surface area contributed by atoms with Crippen LogP contribution in [0.4, 0.5) is 4.39 Å². The Morgan fingerprint density at radius 3 is 2.64 bits per heavy atom. The highest BCUT2D eigenvalue weighted by Gasteiger charge is 2.46. The number of halogens is 2. The van der Waals surface area contributed by atoms with E-state index < -0.39 is 0 Å². The summed E-state index contributed by atoms with van der Waals surface area (Å²) in [6.45, 7) is 1.75. The van der Waals surface area contributed by atoms with Crippen molar-refractivity contribution in [3.63, 3.8) is 0 Å². The fourth-order valence-corrected chi connectivity index (χ4v) is 3.92. The maximum absolute atomic E-state index is 13.0. The van der Waals surface area contributed by atoms with Crippen molar-refractivity contribution in [3.05, 3.63) is 35.6 Å². The van der Waals surface area contributed by atoms with Gasteiger partial charge in [0, 0.05) is 31.1 Å². The third-order valence-corrected chi connectivity index (χ3v) is 5.24. The lowest BCUT2D eigenvalue weighted by Crippen LogP contribution is -2.40. The summed E-state index contributed by atoms with van der Waals surface area (Å²) in [6.07, 6.45) is 4.45. The van der Waals surface area contributed by atoms with E-state index in [0.29, 0.717) is 23.9 Å². The molecular formula is C17H22ClFN2O. The first-order chi connectivity index (χ1) is 10.2. The van der Waals surface area contributed by atoms with Crippen molar-refractivity contribution in [2.45, 2.75) is 43.7 Å². The largest absolute Gasteiger partial charge is 0.341 e. The zero-order valence-corrected chi connectivity index (χ0v) is 13.3. The van der Waals surface area contributed by atoms with E-state index in [1.165, 1.54) is 25.0 Å². The van der Waals surface area contributed by atoms with Crippen molar-refractivity contribution in [3.8, 4) is 0 Å². The van der Waals surface area contributed by atoms with Gasteiger partial charge in [0.2, 0.25) is 5.91 Å². The zero-order valence-electron chi connectivity index (χ0n) is 12.5. The molecule has 22 heavy (non-hydrogen) atoms. The van der Waals surface area contributed by atoms with Crippen molar-refractivity contribution in [2.75, 3.05) is 13.1 Å². The third kappa shape index (κ3) is 2.99. The van der Waals surface area contributed by atoms with E-state index >= 15 is 0 Å². The molecule has 3 aliphatic rings. The Morgan fingerprint density at radius 2 is 1.86 bits per heavy atom. The van der Waals surface area contributed by atoms with Crippen molar-refractivity contribution in [1.29, 1.82) is 0 Å². The smallest absolute Gasteiger partial charge is 0.226 e. The molecule has 0 radical (unpaired) electrons. The molecule has 1 saturated carbocycles. The fraction of sp³-hybridized carbons (Fsp3) is 0.588. The van der Waals surface area contributed by atoms with Crippen LogP contribution in [0.25, 0.3) is 0 Å². The van der Waals surface area contributed by atoms with Crippen molar-refractivity contribution in [2.24, 2.45) is 5.92 Å². The molecule has 5 heteroatoms. The monoisotopic (exact) mass is 324 g/mol. The average molecular weight is 325 g/mol. The topological polar surface area (TPSA) is 32.3 Å². The summed E-state index contributed by atoms with van der Waals surface area (Å²) < 4.78 is 13.0. The number of nitrogens with one attached hydrogen (secondary N) is 1. The predicted molar refractivity (Wildman–Crippen MR) is 85.6 cm³/mol. The Hall–Kier alpha value is -1.13. The van der Waals surface area contributed by atoms with Crippen LogP contribution in [-0.2, 0) is 4.79 Å². The van der Waals surface area contributed by atoms with Crippen LogP contribution < -0.4 is 5.32 Å². The van der Waals surface area contributed by atoms with Gasteiger partial charge < -0.3 is 10.2 Å². The van der Waals surface area contributed by atoms with Gasteiger partial charge in [-0.15, -0.1) is 12.4 Å². The molecule has 0 spiro atoms. The minimum atomic E-state index is -0.211. The number of rotatable bonds is 2. The van der Waals surface area contributed by atoms with Crippen LogP contribution in [0.15, 0.2) is 24.3 Å². The fourth-order valence-electron chi connectivity index (χ4n) is 3.92. The summed E-state index contributed by atoms with van der Waals surface area (Å²) in [4.78, 5) is 14.7. The van der Waals surface area contributed by atoms with Gasteiger partial charge in [-0.1, -0.05) is 12.1 Å². The number of fused-ring (bicyclic) bond motifs is 2. The molecule has 1 aromatic rings. The van der Waals surface area contributed by atoms with Gasteiger partial charge in [0.1, 0.15) is 5.82 Å². The van der Waals surface area contributed by atoms with Crippen molar-refractivity contribution >= 4 is 18.3 Å². The minimum absolute atomic E-state index is 0. The van der Waals surface area contributed by atoms with Crippen LogP contribution >= 0.6 is 12.4 Å². The molecule has 1 N–H and O–H groups in total. The summed E-state index contributed by atoms with van der Waals surface area (Å²) >= 11 is 0. The molecule has 1 aromatic carbocycles. The van der Waals surface area contributed by atoms with Crippen LogP contribution in [0.2, 0.25) is 0 Å². The molecule has 1 amide bonds. The molecule has 3 nitrogen and oxygen atoms in total. The number of likely N-dealkylation sites (tertiary alicyclic amines) is 1. The second-order valence-electron chi connectivity index (χ2n) is 6.71. The van der Waals surface area contributed by atoms with E-state index in [9.17, 15) is 9.18 Å². The SMILES string of the molecule is Cl.O=C(C1CC1c1ccc(F)cc1)N1CCC2CCC(C1)N2. The average Bonchev–Trinajstić information content (AvgIpc) is 3.18. The van der Waals surface area contributed by atoms with Crippen LogP contribution in [0, 0.1) is 11.7 Å². The molecule has 4 unspecified atom stereocenters. The lowest BCUT2D eigenvalue weighted by molar-refractivity contribution is -0.132. The molecule has 4 rings (SSSR count). The van der Waals surface area contributed by atoms with E-state index in [0.717, 1.165) is 31.5 Å². The van der Waals surface area contributed by atoms with Gasteiger partial charge in [-0.2, -0.15) is 0 Å². The number of nitrogens with zero attached hydrogens (tertiary/aromatic N) is 1. The first-order valence-electron chi connectivity index (χ1n) is 8.01. The Kier molecular flexibility index (Phi) is 4.42. The minimum Gasteiger partial charge on any atom is -0.341 e. The third-order valence-electron chi connectivity index (χ3n) is 5.24. The van der Waals surface area contributed by atoms with Gasteiger partial charge in [0.25, 0.3) is 0 Å². The quantitative estimate of drug-likeness (QED) is 0.907. The summed E-state index contributed by atoms with van der Waals surface area (Å²) in [6, 6.07) is 7.72. The molecular weight excluding hydrogens is 303 g/mol. The first-order valence-corrected chi connectivity index (χ1v) is 8.01. The molecule has 1 aliphatic carbocycles.